The Bertz CT molecular complexity index is 1120. The van der Waals surface area contributed by atoms with Gasteiger partial charge in [0.25, 0.3) is 5.56 Å². The second kappa shape index (κ2) is 6.82. The Morgan fingerprint density at radius 2 is 1.92 bits per heavy atom. The van der Waals surface area contributed by atoms with Gasteiger partial charge in [-0.05, 0) is 29.3 Å². The van der Waals surface area contributed by atoms with Crippen LogP contribution in [0.15, 0.2) is 71.8 Å². The second-order valence-electron chi connectivity index (χ2n) is 5.97. The number of halogens is 1. The maximum absolute atomic E-state index is 13.3. The molecule has 1 unspecified atom stereocenters. The molecule has 2 aromatic heterocycles. The summed E-state index contributed by atoms with van der Waals surface area (Å²) in [5, 5.41) is 10.8. The van der Waals surface area contributed by atoms with E-state index in [0.29, 0.717) is 15.8 Å². The summed E-state index contributed by atoms with van der Waals surface area (Å²) in [5.74, 6) is -0.423. The van der Waals surface area contributed by atoms with Crippen molar-refractivity contribution < 1.29 is 9.50 Å². The molecule has 4 aromatic rings. The molecular formula is C20H15FN2O2S. The van der Waals surface area contributed by atoms with Crippen molar-refractivity contribution >= 4 is 21.6 Å². The van der Waals surface area contributed by atoms with Crippen LogP contribution in [0, 0.1) is 5.82 Å². The molecule has 4 rings (SSSR count). The minimum atomic E-state index is -0.991. The van der Waals surface area contributed by atoms with E-state index < -0.39 is 11.9 Å². The Hall–Kier alpha value is -2.83. The minimum absolute atomic E-state index is 0.0156. The molecule has 26 heavy (non-hydrogen) atoms. The van der Waals surface area contributed by atoms with Crippen LogP contribution in [0.2, 0.25) is 0 Å². The number of aromatic nitrogens is 2. The highest BCUT2D eigenvalue weighted by Crippen LogP contribution is 2.30. The van der Waals surface area contributed by atoms with E-state index in [9.17, 15) is 14.3 Å². The van der Waals surface area contributed by atoms with Gasteiger partial charge in [0, 0.05) is 4.88 Å². The van der Waals surface area contributed by atoms with Crippen molar-refractivity contribution in [2.24, 2.45) is 0 Å². The summed E-state index contributed by atoms with van der Waals surface area (Å²) in [4.78, 5) is 18.7. The van der Waals surface area contributed by atoms with Crippen LogP contribution in [0.3, 0.4) is 0 Å². The zero-order chi connectivity index (χ0) is 18.1. The Morgan fingerprint density at radius 1 is 1.12 bits per heavy atom. The maximum atomic E-state index is 13.3. The Morgan fingerprint density at radius 3 is 2.69 bits per heavy atom. The van der Waals surface area contributed by atoms with E-state index in [1.54, 1.807) is 6.07 Å². The number of nitrogens with zero attached hydrogens (tertiary/aromatic N) is 2. The summed E-state index contributed by atoms with van der Waals surface area (Å²) in [6.45, 7) is 0.0156. The average Bonchev–Trinajstić information content (AvgIpc) is 3.10. The summed E-state index contributed by atoms with van der Waals surface area (Å²) >= 11 is 1.45. The largest absolute Gasteiger partial charge is 0.387 e. The molecule has 130 valence electrons. The smallest absolute Gasteiger partial charge is 0.262 e. The molecule has 0 saturated heterocycles. The van der Waals surface area contributed by atoms with E-state index in [4.69, 9.17) is 0 Å². The van der Waals surface area contributed by atoms with Crippen LogP contribution in [0.25, 0.3) is 20.7 Å². The van der Waals surface area contributed by atoms with Crippen molar-refractivity contribution in [3.63, 3.8) is 0 Å². The number of thiophene rings is 1. The molecule has 0 spiro atoms. The first-order chi connectivity index (χ1) is 12.6. The Balaban J connectivity index is 1.68. The van der Waals surface area contributed by atoms with Crippen molar-refractivity contribution in [2.75, 3.05) is 0 Å². The molecule has 0 aliphatic heterocycles. The first kappa shape index (κ1) is 16.6. The van der Waals surface area contributed by atoms with Crippen LogP contribution in [0.4, 0.5) is 4.39 Å². The third-order valence-corrected chi connectivity index (χ3v) is 5.27. The van der Waals surface area contributed by atoms with E-state index in [0.717, 1.165) is 10.4 Å². The second-order valence-corrected chi connectivity index (χ2v) is 7.00. The van der Waals surface area contributed by atoms with Crippen LogP contribution < -0.4 is 5.56 Å². The van der Waals surface area contributed by atoms with Gasteiger partial charge in [0.1, 0.15) is 10.6 Å². The van der Waals surface area contributed by atoms with Crippen LogP contribution in [0.5, 0.6) is 0 Å². The normalized spacial score (nSPS) is 12.4. The standard InChI is InChI=1S/C20H15FN2O2S/c21-15-8-4-7-14(9-15)17(24)11-23-12-22-19-16(20(23)25)10-18(26-19)13-5-2-1-3-6-13/h1-10,12,17,24H,11H2. The lowest BCUT2D eigenvalue weighted by Gasteiger charge is -2.12. The van der Waals surface area contributed by atoms with Crippen LogP contribution in [-0.2, 0) is 6.54 Å². The van der Waals surface area contributed by atoms with Crippen LogP contribution >= 0.6 is 11.3 Å². The van der Waals surface area contributed by atoms with Crippen molar-refractivity contribution in [3.05, 3.63) is 88.7 Å². The predicted molar refractivity (Wildman–Crippen MR) is 101 cm³/mol. The van der Waals surface area contributed by atoms with Gasteiger partial charge in [0.05, 0.1) is 24.4 Å². The van der Waals surface area contributed by atoms with E-state index in [2.05, 4.69) is 4.98 Å². The van der Waals surface area contributed by atoms with Gasteiger partial charge < -0.3 is 5.11 Å². The molecule has 0 bridgehead atoms. The van der Waals surface area contributed by atoms with Crippen LogP contribution in [0.1, 0.15) is 11.7 Å². The van der Waals surface area contributed by atoms with Gasteiger partial charge in [0.15, 0.2) is 0 Å². The molecule has 0 amide bonds. The summed E-state index contributed by atoms with van der Waals surface area (Å²) < 4.78 is 14.7. The summed E-state index contributed by atoms with van der Waals surface area (Å²) in [5.41, 5.74) is 1.23. The molecule has 1 N–H and O–H groups in total. The lowest BCUT2D eigenvalue weighted by Crippen LogP contribution is -2.23. The van der Waals surface area contributed by atoms with E-state index in [1.807, 2.05) is 36.4 Å². The minimum Gasteiger partial charge on any atom is -0.387 e. The molecule has 0 fully saturated rings. The fourth-order valence-electron chi connectivity index (χ4n) is 2.84. The summed E-state index contributed by atoms with van der Waals surface area (Å²) in [7, 11) is 0. The Labute approximate surface area is 152 Å². The summed E-state index contributed by atoms with van der Waals surface area (Å²) in [6, 6.07) is 17.4. The number of fused-ring (bicyclic) bond motifs is 1. The Kier molecular flexibility index (Phi) is 4.36. The number of hydrogen-bond donors (Lipinski definition) is 1. The first-order valence-electron chi connectivity index (χ1n) is 8.10. The molecule has 4 nitrogen and oxygen atoms in total. The van der Waals surface area contributed by atoms with Crippen molar-refractivity contribution in [1.82, 2.24) is 9.55 Å². The molecule has 2 heterocycles. The third kappa shape index (κ3) is 3.16. The molecule has 0 saturated carbocycles. The summed E-state index contributed by atoms with van der Waals surface area (Å²) in [6.07, 6.45) is 0.438. The topological polar surface area (TPSA) is 55.1 Å². The number of hydrogen-bond acceptors (Lipinski definition) is 4. The molecule has 2 aromatic carbocycles. The monoisotopic (exact) mass is 366 g/mol. The number of benzene rings is 2. The van der Waals surface area contributed by atoms with Crippen LogP contribution in [-0.4, -0.2) is 14.7 Å². The number of rotatable bonds is 4. The van der Waals surface area contributed by atoms with E-state index in [1.165, 1.54) is 40.4 Å². The predicted octanol–water partition coefficient (Wildman–Crippen LogP) is 4.00. The average molecular weight is 366 g/mol. The zero-order valence-corrected chi connectivity index (χ0v) is 14.5. The molecule has 0 radical (unpaired) electrons. The zero-order valence-electron chi connectivity index (χ0n) is 13.7. The van der Waals surface area contributed by atoms with E-state index >= 15 is 0 Å². The number of aliphatic hydroxyl groups excluding tert-OH is 1. The van der Waals surface area contributed by atoms with Gasteiger partial charge in [-0.15, -0.1) is 11.3 Å². The van der Waals surface area contributed by atoms with Gasteiger partial charge in [0.2, 0.25) is 0 Å². The molecule has 1 atom stereocenters. The molecule has 6 heteroatoms. The lowest BCUT2D eigenvalue weighted by atomic mass is 10.1. The fraction of sp³-hybridized carbons (Fsp3) is 0.100. The lowest BCUT2D eigenvalue weighted by molar-refractivity contribution is 0.154. The third-order valence-electron chi connectivity index (χ3n) is 4.18. The quantitative estimate of drug-likeness (QED) is 0.594. The maximum Gasteiger partial charge on any atom is 0.262 e. The SMILES string of the molecule is O=c1c2cc(-c3ccccc3)sc2ncn1CC(O)c1cccc(F)c1. The highest BCUT2D eigenvalue weighted by Gasteiger charge is 2.14. The molecule has 0 aliphatic carbocycles. The first-order valence-corrected chi connectivity index (χ1v) is 8.91. The van der Waals surface area contributed by atoms with E-state index in [-0.39, 0.29) is 12.1 Å². The fourth-order valence-corrected chi connectivity index (χ4v) is 3.84. The highest BCUT2D eigenvalue weighted by atomic mass is 32.1. The number of aliphatic hydroxyl groups is 1. The van der Waals surface area contributed by atoms with Gasteiger partial charge >= 0.3 is 0 Å². The van der Waals surface area contributed by atoms with Crippen molar-refractivity contribution in [2.45, 2.75) is 12.6 Å². The highest BCUT2D eigenvalue weighted by molar-refractivity contribution is 7.21. The van der Waals surface area contributed by atoms with Gasteiger partial charge in [-0.25, -0.2) is 9.37 Å². The molecule has 0 aliphatic rings. The van der Waals surface area contributed by atoms with Crippen molar-refractivity contribution in [3.8, 4) is 10.4 Å². The molecular weight excluding hydrogens is 351 g/mol. The van der Waals surface area contributed by atoms with Gasteiger partial charge in [-0.2, -0.15) is 0 Å². The van der Waals surface area contributed by atoms with Gasteiger partial charge in [-0.1, -0.05) is 42.5 Å². The van der Waals surface area contributed by atoms with Crippen molar-refractivity contribution in [1.29, 1.82) is 0 Å². The van der Waals surface area contributed by atoms with Gasteiger partial charge in [-0.3, -0.25) is 9.36 Å².